The molecule has 1 aromatic heterocycles. The van der Waals surface area contributed by atoms with E-state index in [-0.39, 0.29) is 30.3 Å². The van der Waals surface area contributed by atoms with E-state index < -0.39 is 11.8 Å². The fourth-order valence-corrected chi connectivity index (χ4v) is 3.44. The minimum atomic E-state index is -0.596. The lowest BCUT2D eigenvalue weighted by molar-refractivity contribution is -0.115. The first-order chi connectivity index (χ1) is 16.0. The van der Waals surface area contributed by atoms with Crippen LogP contribution in [0.15, 0.2) is 84.9 Å². The molecule has 0 aliphatic carbocycles. The van der Waals surface area contributed by atoms with Gasteiger partial charge in [-0.3, -0.25) is 4.79 Å². The zero-order valence-corrected chi connectivity index (χ0v) is 18.0. The van der Waals surface area contributed by atoms with Crippen LogP contribution in [-0.4, -0.2) is 28.3 Å². The third kappa shape index (κ3) is 5.15. The van der Waals surface area contributed by atoms with Gasteiger partial charge < -0.3 is 10.1 Å². The molecular formula is C26H22FN3O3. The molecule has 0 radical (unpaired) electrons. The van der Waals surface area contributed by atoms with Crippen molar-refractivity contribution in [2.24, 2.45) is 0 Å². The van der Waals surface area contributed by atoms with E-state index in [2.05, 4.69) is 10.4 Å². The molecule has 0 bridgehead atoms. The Bertz CT molecular complexity index is 1280. The Morgan fingerprint density at radius 2 is 1.73 bits per heavy atom. The lowest BCUT2D eigenvalue weighted by Gasteiger charge is -2.11. The minimum Gasteiger partial charge on any atom is -0.461 e. The van der Waals surface area contributed by atoms with Gasteiger partial charge in [0.05, 0.1) is 18.7 Å². The third-order valence-electron chi connectivity index (χ3n) is 4.92. The molecule has 166 valence electrons. The van der Waals surface area contributed by atoms with Crippen LogP contribution in [-0.2, 0) is 16.0 Å². The predicted molar refractivity (Wildman–Crippen MR) is 124 cm³/mol. The Morgan fingerprint density at radius 3 is 2.48 bits per heavy atom. The van der Waals surface area contributed by atoms with E-state index in [1.165, 1.54) is 10.7 Å². The van der Waals surface area contributed by atoms with Gasteiger partial charge in [-0.15, -0.1) is 0 Å². The molecule has 0 saturated carbocycles. The minimum absolute atomic E-state index is 0.0635. The summed E-state index contributed by atoms with van der Waals surface area (Å²) in [7, 11) is 0. The maximum Gasteiger partial charge on any atom is 0.358 e. The number of rotatable bonds is 7. The van der Waals surface area contributed by atoms with Crippen LogP contribution in [0.1, 0.15) is 23.0 Å². The molecule has 0 aliphatic heterocycles. The van der Waals surface area contributed by atoms with E-state index in [4.69, 9.17) is 4.74 Å². The maximum absolute atomic E-state index is 14.6. The highest BCUT2D eigenvalue weighted by molar-refractivity contribution is 5.93. The van der Waals surface area contributed by atoms with E-state index in [0.29, 0.717) is 16.9 Å². The molecule has 1 heterocycles. The van der Waals surface area contributed by atoms with E-state index in [0.717, 1.165) is 5.56 Å². The van der Waals surface area contributed by atoms with Gasteiger partial charge in [-0.25, -0.2) is 13.9 Å². The molecule has 0 unspecified atom stereocenters. The number of nitrogens with zero attached hydrogens (tertiary/aromatic N) is 2. The molecule has 33 heavy (non-hydrogen) atoms. The molecule has 4 rings (SSSR count). The van der Waals surface area contributed by atoms with Crippen LogP contribution in [0, 0.1) is 5.82 Å². The number of amides is 1. The number of hydrogen-bond acceptors (Lipinski definition) is 4. The number of nitrogens with one attached hydrogen (secondary N) is 1. The molecule has 0 fully saturated rings. The molecule has 0 spiro atoms. The van der Waals surface area contributed by atoms with Crippen molar-refractivity contribution < 1.29 is 18.7 Å². The van der Waals surface area contributed by atoms with Gasteiger partial charge in [-0.05, 0) is 42.8 Å². The summed E-state index contributed by atoms with van der Waals surface area (Å²) in [5.74, 6) is -1.24. The van der Waals surface area contributed by atoms with E-state index in [1.54, 1.807) is 55.5 Å². The second kappa shape index (κ2) is 9.91. The Kier molecular flexibility index (Phi) is 6.59. The van der Waals surface area contributed by atoms with Crippen molar-refractivity contribution in [3.8, 4) is 16.9 Å². The number of hydrogen-bond donors (Lipinski definition) is 1. The van der Waals surface area contributed by atoms with Gasteiger partial charge in [0.1, 0.15) is 11.5 Å². The second-order valence-corrected chi connectivity index (χ2v) is 7.29. The number of halogens is 1. The van der Waals surface area contributed by atoms with Crippen molar-refractivity contribution in [2.45, 2.75) is 13.3 Å². The first-order valence-electron chi connectivity index (χ1n) is 10.5. The average Bonchev–Trinajstić information content (AvgIpc) is 3.26. The standard InChI is InChI=1S/C26H22FN3O3/c1-2-33-26(32)22-17-24(30(29-22)23-14-7-6-13-21(23)27)19-11-8-12-20(16-19)28-25(31)15-18-9-4-3-5-10-18/h3-14,16-17H,2,15H2,1H3,(H,28,31). The summed E-state index contributed by atoms with van der Waals surface area (Å²) >= 11 is 0. The van der Waals surface area contributed by atoms with Gasteiger partial charge in [0.25, 0.3) is 0 Å². The first kappa shape index (κ1) is 22.0. The smallest absolute Gasteiger partial charge is 0.358 e. The molecule has 1 amide bonds. The molecule has 3 aromatic carbocycles. The van der Waals surface area contributed by atoms with Crippen molar-refractivity contribution in [3.63, 3.8) is 0 Å². The number of carbonyl (C=O) groups excluding carboxylic acids is 2. The normalized spacial score (nSPS) is 10.6. The SMILES string of the molecule is CCOC(=O)c1cc(-c2cccc(NC(=O)Cc3ccccc3)c2)n(-c2ccccc2F)n1. The zero-order chi connectivity index (χ0) is 23.2. The maximum atomic E-state index is 14.6. The van der Waals surface area contributed by atoms with Crippen LogP contribution in [0.4, 0.5) is 10.1 Å². The second-order valence-electron chi connectivity index (χ2n) is 7.29. The first-order valence-corrected chi connectivity index (χ1v) is 10.5. The van der Waals surface area contributed by atoms with Crippen LogP contribution >= 0.6 is 0 Å². The van der Waals surface area contributed by atoms with Crippen LogP contribution in [0.2, 0.25) is 0 Å². The number of benzene rings is 3. The van der Waals surface area contributed by atoms with Crippen molar-refractivity contribution in [1.29, 1.82) is 0 Å². The summed E-state index contributed by atoms with van der Waals surface area (Å²) in [4.78, 5) is 24.8. The van der Waals surface area contributed by atoms with Crippen LogP contribution in [0.25, 0.3) is 16.9 Å². The number of ether oxygens (including phenoxy) is 1. The van der Waals surface area contributed by atoms with Crippen molar-refractivity contribution in [3.05, 3.63) is 102 Å². The Morgan fingerprint density at radius 1 is 0.970 bits per heavy atom. The summed E-state index contributed by atoms with van der Waals surface area (Å²) in [5.41, 5.74) is 2.88. The molecule has 0 aliphatic rings. The molecular weight excluding hydrogens is 421 g/mol. The highest BCUT2D eigenvalue weighted by atomic mass is 19.1. The number of carbonyl (C=O) groups is 2. The van der Waals surface area contributed by atoms with E-state index in [1.807, 2.05) is 30.3 Å². The van der Waals surface area contributed by atoms with E-state index in [9.17, 15) is 14.0 Å². The number of esters is 1. The van der Waals surface area contributed by atoms with Gasteiger partial charge in [-0.2, -0.15) is 5.10 Å². The number of aromatic nitrogens is 2. The summed E-state index contributed by atoms with van der Waals surface area (Å²) < 4.78 is 21.0. The van der Waals surface area contributed by atoms with Crippen LogP contribution in [0.5, 0.6) is 0 Å². The largest absolute Gasteiger partial charge is 0.461 e. The fourth-order valence-electron chi connectivity index (χ4n) is 3.44. The predicted octanol–water partition coefficient (Wildman–Crippen LogP) is 5.04. The van der Waals surface area contributed by atoms with E-state index >= 15 is 0 Å². The third-order valence-corrected chi connectivity index (χ3v) is 4.92. The quantitative estimate of drug-likeness (QED) is 0.406. The van der Waals surface area contributed by atoms with Gasteiger partial charge in [-0.1, -0.05) is 54.6 Å². The Hall–Kier alpha value is -4.26. The number of para-hydroxylation sites is 1. The van der Waals surface area contributed by atoms with Gasteiger partial charge >= 0.3 is 5.97 Å². The monoisotopic (exact) mass is 443 g/mol. The van der Waals surface area contributed by atoms with Crippen LogP contribution < -0.4 is 5.32 Å². The van der Waals surface area contributed by atoms with Gasteiger partial charge in [0.2, 0.25) is 5.91 Å². The van der Waals surface area contributed by atoms with Gasteiger partial charge in [0.15, 0.2) is 5.69 Å². The Balaban J connectivity index is 1.67. The highest BCUT2D eigenvalue weighted by Crippen LogP contribution is 2.28. The lowest BCUT2D eigenvalue weighted by atomic mass is 10.1. The molecule has 0 saturated heterocycles. The molecule has 4 aromatic rings. The highest BCUT2D eigenvalue weighted by Gasteiger charge is 2.19. The topological polar surface area (TPSA) is 73.2 Å². The average molecular weight is 443 g/mol. The zero-order valence-electron chi connectivity index (χ0n) is 18.0. The lowest BCUT2D eigenvalue weighted by Crippen LogP contribution is -2.14. The summed E-state index contributed by atoms with van der Waals surface area (Å²) in [6, 6.07) is 24.3. The fraction of sp³-hybridized carbons (Fsp3) is 0.115. The van der Waals surface area contributed by atoms with Gasteiger partial charge in [0, 0.05) is 11.3 Å². The Labute approximate surface area is 190 Å². The van der Waals surface area contributed by atoms with Crippen molar-refractivity contribution in [2.75, 3.05) is 11.9 Å². The molecule has 7 heteroatoms. The van der Waals surface area contributed by atoms with Crippen molar-refractivity contribution in [1.82, 2.24) is 9.78 Å². The molecule has 0 atom stereocenters. The molecule has 1 N–H and O–H groups in total. The summed E-state index contributed by atoms with van der Waals surface area (Å²) in [6.45, 7) is 1.90. The van der Waals surface area contributed by atoms with Crippen molar-refractivity contribution >= 4 is 17.6 Å². The summed E-state index contributed by atoms with van der Waals surface area (Å²) in [5, 5.41) is 7.18. The molecule has 6 nitrogen and oxygen atoms in total. The van der Waals surface area contributed by atoms with Crippen LogP contribution in [0.3, 0.4) is 0 Å². The number of anilines is 1. The summed E-state index contributed by atoms with van der Waals surface area (Å²) in [6.07, 6.45) is 0.241.